The third-order valence-corrected chi connectivity index (χ3v) is 4.47. The topological polar surface area (TPSA) is 58.7 Å². The standard InChI is InChI=1S/C14H15N3O/c1-8-11-4-9-7-17(3)16-13(9)14(11,2)5-10(6-15)12(8)18/h5,7-8,11H,4H2,1-3H3/t8-,11-,14-/m0/s1. The van der Waals surface area contributed by atoms with E-state index in [4.69, 9.17) is 5.26 Å². The van der Waals surface area contributed by atoms with E-state index in [-0.39, 0.29) is 23.0 Å². The molecule has 0 spiro atoms. The quantitative estimate of drug-likeness (QED) is 0.692. The largest absolute Gasteiger partial charge is 0.293 e. The number of fused-ring (bicyclic) bond motifs is 3. The van der Waals surface area contributed by atoms with Crippen LogP contribution in [-0.2, 0) is 23.7 Å². The third-order valence-electron chi connectivity index (χ3n) is 4.47. The molecule has 0 aromatic carbocycles. The highest BCUT2D eigenvalue weighted by atomic mass is 16.1. The molecule has 3 atom stereocenters. The van der Waals surface area contributed by atoms with Gasteiger partial charge < -0.3 is 0 Å². The van der Waals surface area contributed by atoms with Crippen molar-refractivity contribution in [3.63, 3.8) is 0 Å². The van der Waals surface area contributed by atoms with E-state index in [0.717, 1.165) is 12.1 Å². The van der Waals surface area contributed by atoms with Crippen LogP contribution >= 0.6 is 0 Å². The molecule has 4 heteroatoms. The third kappa shape index (κ3) is 1.19. The number of nitriles is 1. The molecule has 0 aliphatic heterocycles. The SMILES string of the molecule is C[C@@H]1C(=O)C(C#N)=C[C@]2(C)c3nn(C)cc3C[C@@H]12. The van der Waals surface area contributed by atoms with Crippen molar-refractivity contribution in [3.05, 3.63) is 29.1 Å². The van der Waals surface area contributed by atoms with Gasteiger partial charge in [-0.3, -0.25) is 9.48 Å². The number of hydrogen-bond donors (Lipinski definition) is 0. The summed E-state index contributed by atoms with van der Waals surface area (Å²) in [4.78, 5) is 12.1. The van der Waals surface area contributed by atoms with E-state index in [1.165, 1.54) is 5.56 Å². The molecule has 0 radical (unpaired) electrons. The smallest absolute Gasteiger partial charge is 0.176 e. The Balaban J connectivity index is 2.21. The summed E-state index contributed by atoms with van der Waals surface area (Å²) in [7, 11) is 1.91. The zero-order valence-electron chi connectivity index (χ0n) is 10.8. The molecule has 2 aliphatic rings. The van der Waals surface area contributed by atoms with Crippen LogP contribution < -0.4 is 0 Å². The van der Waals surface area contributed by atoms with Crippen molar-refractivity contribution in [1.82, 2.24) is 9.78 Å². The minimum absolute atomic E-state index is 0.0190. The first-order valence-corrected chi connectivity index (χ1v) is 6.17. The zero-order chi connectivity index (χ0) is 13.1. The molecule has 4 nitrogen and oxygen atoms in total. The molecule has 92 valence electrons. The van der Waals surface area contributed by atoms with Gasteiger partial charge in [-0.15, -0.1) is 0 Å². The lowest BCUT2D eigenvalue weighted by molar-refractivity contribution is -0.121. The van der Waals surface area contributed by atoms with Crippen LogP contribution in [0.3, 0.4) is 0 Å². The van der Waals surface area contributed by atoms with Crippen LogP contribution in [-0.4, -0.2) is 15.6 Å². The number of carbonyl (C=O) groups excluding carboxylic acids is 1. The summed E-state index contributed by atoms with van der Waals surface area (Å²) in [6.07, 6.45) is 4.73. The van der Waals surface area contributed by atoms with Gasteiger partial charge in [0.25, 0.3) is 0 Å². The maximum atomic E-state index is 12.1. The normalized spacial score (nSPS) is 33.7. The molecule has 0 saturated heterocycles. The van der Waals surface area contributed by atoms with E-state index in [2.05, 4.69) is 12.0 Å². The highest BCUT2D eigenvalue weighted by Gasteiger charge is 2.51. The molecule has 0 N–H and O–H groups in total. The molecule has 0 unspecified atom stereocenters. The van der Waals surface area contributed by atoms with Crippen molar-refractivity contribution in [3.8, 4) is 6.07 Å². The van der Waals surface area contributed by atoms with E-state index in [0.29, 0.717) is 5.57 Å². The van der Waals surface area contributed by atoms with E-state index in [9.17, 15) is 4.79 Å². The predicted molar refractivity (Wildman–Crippen MR) is 65.6 cm³/mol. The van der Waals surface area contributed by atoms with Gasteiger partial charge in [-0.25, -0.2) is 0 Å². The molecule has 0 bridgehead atoms. The monoisotopic (exact) mass is 241 g/mol. The van der Waals surface area contributed by atoms with Crippen molar-refractivity contribution >= 4 is 5.78 Å². The van der Waals surface area contributed by atoms with Crippen molar-refractivity contribution in [2.45, 2.75) is 25.7 Å². The Hall–Kier alpha value is -1.89. The number of Topliss-reactive ketones (excluding diaryl/α,β-unsaturated/α-hetero) is 1. The number of ketones is 1. The highest BCUT2D eigenvalue weighted by molar-refractivity contribution is 6.02. The van der Waals surface area contributed by atoms with Crippen LogP contribution in [0.5, 0.6) is 0 Å². The summed E-state index contributed by atoms with van der Waals surface area (Å²) in [5.74, 6) is 0.115. The molecule has 0 saturated carbocycles. The maximum absolute atomic E-state index is 12.1. The Kier molecular flexibility index (Phi) is 2.07. The van der Waals surface area contributed by atoms with Crippen molar-refractivity contribution < 1.29 is 4.79 Å². The molecular formula is C14H15N3O. The number of carbonyl (C=O) groups is 1. The number of rotatable bonds is 0. The van der Waals surface area contributed by atoms with E-state index >= 15 is 0 Å². The Morgan fingerprint density at radius 3 is 3.00 bits per heavy atom. The molecular weight excluding hydrogens is 226 g/mol. The van der Waals surface area contributed by atoms with E-state index < -0.39 is 0 Å². The minimum Gasteiger partial charge on any atom is -0.293 e. The fraction of sp³-hybridized carbons (Fsp3) is 0.500. The van der Waals surface area contributed by atoms with Crippen LogP contribution in [0.1, 0.15) is 25.1 Å². The van der Waals surface area contributed by atoms with Crippen molar-refractivity contribution in [2.24, 2.45) is 18.9 Å². The van der Waals surface area contributed by atoms with Crippen molar-refractivity contribution in [1.29, 1.82) is 5.26 Å². The summed E-state index contributed by atoms with van der Waals surface area (Å²) in [5, 5.41) is 13.6. The molecule has 18 heavy (non-hydrogen) atoms. The van der Waals surface area contributed by atoms with Gasteiger partial charge in [-0.1, -0.05) is 19.9 Å². The minimum atomic E-state index is -0.269. The molecule has 0 fully saturated rings. The summed E-state index contributed by atoms with van der Waals surface area (Å²) in [6.45, 7) is 4.03. The van der Waals surface area contributed by atoms with Crippen LogP contribution in [0.2, 0.25) is 0 Å². The van der Waals surface area contributed by atoms with Crippen molar-refractivity contribution in [2.75, 3.05) is 0 Å². The lowest BCUT2D eigenvalue weighted by atomic mass is 9.65. The molecule has 1 aromatic heterocycles. The second kappa shape index (κ2) is 3.32. The fourth-order valence-electron chi connectivity index (χ4n) is 3.52. The number of aryl methyl sites for hydroxylation is 1. The molecule has 1 heterocycles. The predicted octanol–water partition coefficient (Wildman–Crippen LogP) is 1.52. The zero-order valence-corrected chi connectivity index (χ0v) is 10.8. The number of nitrogens with zero attached hydrogens (tertiary/aromatic N) is 3. The van der Waals surface area contributed by atoms with Crippen LogP contribution in [0.25, 0.3) is 0 Å². The summed E-state index contributed by atoms with van der Waals surface area (Å²) < 4.78 is 1.81. The highest BCUT2D eigenvalue weighted by Crippen LogP contribution is 2.50. The first-order valence-electron chi connectivity index (χ1n) is 6.17. The summed E-state index contributed by atoms with van der Waals surface area (Å²) in [5.41, 5.74) is 2.26. The van der Waals surface area contributed by atoms with Gasteiger partial charge in [0.1, 0.15) is 6.07 Å². The number of allylic oxidation sites excluding steroid dienone is 2. The Morgan fingerprint density at radius 1 is 1.61 bits per heavy atom. The lowest BCUT2D eigenvalue weighted by Gasteiger charge is -2.36. The van der Waals surface area contributed by atoms with Gasteiger partial charge in [0.05, 0.1) is 11.3 Å². The van der Waals surface area contributed by atoms with Crippen LogP contribution in [0, 0.1) is 23.2 Å². The second-order valence-corrected chi connectivity index (χ2v) is 5.59. The average molecular weight is 241 g/mol. The Labute approximate surface area is 106 Å². The Morgan fingerprint density at radius 2 is 2.33 bits per heavy atom. The first-order chi connectivity index (χ1) is 8.47. The van der Waals surface area contributed by atoms with E-state index in [1.807, 2.05) is 37.0 Å². The first kappa shape index (κ1) is 11.2. The Bertz CT molecular complexity index is 619. The van der Waals surface area contributed by atoms with Gasteiger partial charge in [0, 0.05) is 24.6 Å². The van der Waals surface area contributed by atoms with Gasteiger partial charge >= 0.3 is 0 Å². The van der Waals surface area contributed by atoms with Crippen LogP contribution in [0.4, 0.5) is 0 Å². The van der Waals surface area contributed by atoms with Crippen LogP contribution in [0.15, 0.2) is 17.8 Å². The van der Waals surface area contributed by atoms with Gasteiger partial charge in [-0.05, 0) is 17.9 Å². The molecule has 3 rings (SSSR count). The number of aromatic nitrogens is 2. The van der Waals surface area contributed by atoms with E-state index in [1.54, 1.807) is 0 Å². The molecule has 2 aliphatic carbocycles. The summed E-state index contributed by atoms with van der Waals surface area (Å²) >= 11 is 0. The number of hydrogen-bond acceptors (Lipinski definition) is 3. The lowest BCUT2D eigenvalue weighted by Crippen LogP contribution is -2.40. The summed E-state index contributed by atoms with van der Waals surface area (Å²) in [6, 6.07) is 2.04. The van der Waals surface area contributed by atoms with Gasteiger partial charge in [0.15, 0.2) is 5.78 Å². The van der Waals surface area contributed by atoms with Gasteiger partial charge in [0.2, 0.25) is 0 Å². The molecule has 0 amide bonds. The average Bonchev–Trinajstić information content (AvgIpc) is 2.81. The van der Waals surface area contributed by atoms with Gasteiger partial charge in [-0.2, -0.15) is 10.4 Å². The fourth-order valence-corrected chi connectivity index (χ4v) is 3.52. The molecule has 1 aromatic rings. The second-order valence-electron chi connectivity index (χ2n) is 5.59. The maximum Gasteiger partial charge on any atom is 0.176 e.